The topological polar surface area (TPSA) is 189 Å². The van der Waals surface area contributed by atoms with E-state index in [0.717, 1.165) is 38.5 Å². The third-order valence-corrected chi connectivity index (χ3v) is 11.9. The number of rotatable bonds is 40. The maximum Gasteiger partial charge on any atom is 1.00 e. The van der Waals surface area contributed by atoms with Gasteiger partial charge in [-0.05, 0) is 12.8 Å². The second-order valence-electron chi connectivity index (χ2n) is 16.8. The van der Waals surface area contributed by atoms with Crippen LogP contribution in [0.4, 0.5) is 0 Å². The third-order valence-electron chi connectivity index (χ3n) is 11.2. The molecule has 1 aliphatic heterocycles. The average Bonchev–Trinajstić information content (AvgIpc) is 3.18. The molecule has 344 valence electrons. The first-order valence-corrected chi connectivity index (χ1v) is 25.2. The first-order valence-electron chi connectivity index (χ1n) is 23.6. The normalized spacial score (nSPS) is 19.9. The minimum Gasteiger partial charge on any atom is -0.748 e. The zero-order valence-corrected chi connectivity index (χ0v) is 40.5. The van der Waals surface area contributed by atoms with E-state index in [1.165, 1.54) is 141 Å². The van der Waals surface area contributed by atoms with E-state index in [1.54, 1.807) is 0 Å². The predicted molar refractivity (Wildman–Crippen MR) is 227 cm³/mol. The molecule has 0 aromatic rings. The summed E-state index contributed by atoms with van der Waals surface area (Å²) in [7, 11) is -4.85. The zero-order valence-electron chi connectivity index (χ0n) is 37.6. The van der Waals surface area contributed by atoms with Crippen molar-refractivity contribution < 1.29 is 86.4 Å². The van der Waals surface area contributed by atoms with Crippen LogP contribution in [0.2, 0.25) is 0 Å². The summed E-state index contributed by atoms with van der Waals surface area (Å²) in [4.78, 5) is 25.4. The summed E-state index contributed by atoms with van der Waals surface area (Å²) >= 11 is 0. The Labute approximate surface area is 381 Å². The van der Waals surface area contributed by atoms with Crippen LogP contribution in [-0.2, 0) is 38.7 Å². The third kappa shape index (κ3) is 33.8. The first kappa shape index (κ1) is 58.6. The second kappa shape index (κ2) is 39.3. The molecule has 0 radical (unpaired) electrons. The monoisotopic (exact) mass is 873 g/mol. The van der Waals surface area contributed by atoms with Crippen molar-refractivity contribution in [1.82, 2.24) is 0 Å². The van der Waals surface area contributed by atoms with Crippen LogP contribution in [0, 0.1) is 0 Å². The Morgan fingerprint density at radius 2 is 0.898 bits per heavy atom. The summed E-state index contributed by atoms with van der Waals surface area (Å²) in [6.45, 7) is 3.76. The van der Waals surface area contributed by atoms with E-state index in [9.17, 15) is 37.9 Å². The zero-order chi connectivity index (χ0) is 42.7. The molecule has 0 aromatic carbocycles. The minimum absolute atomic E-state index is 0. The number of carbonyl (C=O) groups is 2. The van der Waals surface area contributed by atoms with Crippen molar-refractivity contribution >= 4 is 22.1 Å². The fraction of sp³-hybridized carbons (Fsp3) is 0.956. The van der Waals surface area contributed by atoms with Crippen LogP contribution in [0.15, 0.2) is 0 Å². The van der Waals surface area contributed by atoms with Gasteiger partial charge in [0.05, 0.1) is 22.5 Å². The largest absolute Gasteiger partial charge is 1.00 e. The maximum absolute atomic E-state index is 12.8. The summed E-state index contributed by atoms with van der Waals surface area (Å²) in [5, 5.41) is 30.8. The van der Waals surface area contributed by atoms with Crippen LogP contribution in [-0.4, -0.2) is 96.0 Å². The fourth-order valence-corrected chi connectivity index (χ4v) is 8.17. The van der Waals surface area contributed by atoms with Crippen molar-refractivity contribution in [2.75, 3.05) is 19.0 Å². The van der Waals surface area contributed by atoms with Gasteiger partial charge in [0, 0.05) is 12.8 Å². The molecule has 14 heteroatoms. The molecule has 3 N–H and O–H groups in total. The van der Waals surface area contributed by atoms with Gasteiger partial charge < -0.3 is 38.8 Å². The van der Waals surface area contributed by atoms with Crippen LogP contribution in [0.25, 0.3) is 0 Å². The molecule has 0 aromatic heterocycles. The number of hydrogen-bond acceptors (Lipinski definition) is 12. The molecule has 59 heavy (non-hydrogen) atoms. The quantitative estimate of drug-likeness (QED) is 0.0269. The Morgan fingerprint density at radius 3 is 1.27 bits per heavy atom. The molecule has 1 unspecified atom stereocenters. The fourth-order valence-electron chi connectivity index (χ4n) is 7.50. The van der Waals surface area contributed by atoms with Crippen LogP contribution < -0.4 is 29.6 Å². The van der Waals surface area contributed by atoms with Crippen molar-refractivity contribution in [1.29, 1.82) is 0 Å². The molecule has 12 nitrogen and oxygen atoms in total. The Balaban J connectivity index is 0.0000336. The van der Waals surface area contributed by atoms with E-state index in [0.29, 0.717) is 12.8 Å². The van der Waals surface area contributed by atoms with Gasteiger partial charge in [0.15, 0.2) is 12.4 Å². The molecule has 0 bridgehead atoms. The van der Waals surface area contributed by atoms with Gasteiger partial charge >= 0.3 is 41.5 Å². The minimum atomic E-state index is -4.85. The summed E-state index contributed by atoms with van der Waals surface area (Å²) in [6, 6.07) is 0. The molecule has 1 fully saturated rings. The summed E-state index contributed by atoms with van der Waals surface area (Å²) in [6.07, 6.45) is 26.8. The number of aliphatic hydroxyl groups excluding tert-OH is 3. The van der Waals surface area contributed by atoms with Crippen molar-refractivity contribution in [2.24, 2.45) is 0 Å². The van der Waals surface area contributed by atoms with E-state index in [4.69, 9.17) is 18.9 Å². The van der Waals surface area contributed by atoms with E-state index >= 15 is 0 Å². The standard InChI is InChI=1S/C45H86O12S.Na/c1-3-5-7-9-11-13-15-17-19-21-23-25-27-29-31-33-40(46)54-35-38(36-55-45-44(50)43(49)42(48)39(57-45)37-58(51,52)53)56-41(47)34-32-30-28-26-24-22-20-18-16-14-12-10-8-6-4-2;/h38-39,42-45,48-50H,3-37H2,1-2H3,(H,51,52,53);/q;+1/p-1/t38?,39-,42-,43+,44-,45-;/m1./s1. The van der Waals surface area contributed by atoms with Crippen molar-refractivity contribution in [3.63, 3.8) is 0 Å². The van der Waals surface area contributed by atoms with Crippen LogP contribution >= 0.6 is 0 Å². The van der Waals surface area contributed by atoms with Gasteiger partial charge in [0.2, 0.25) is 0 Å². The molecular weight excluding hydrogens is 788 g/mol. The van der Waals surface area contributed by atoms with Gasteiger partial charge in [-0.25, -0.2) is 8.42 Å². The van der Waals surface area contributed by atoms with Gasteiger partial charge in [0.1, 0.15) is 31.0 Å². The molecule has 1 aliphatic rings. The predicted octanol–water partition coefficient (Wildman–Crippen LogP) is 6.34. The van der Waals surface area contributed by atoms with Gasteiger partial charge in [0.25, 0.3) is 0 Å². The molecule has 0 saturated carbocycles. The summed E-state index contributed by atoms with van der Waals surface area (Å²) in [5.74, 6) is -2.09. The van der Waals surface area contributed by atoms with E-state index in [2.05, 4.69) is 13.8 Å². The first-order chi connectivity index (χ1) is 28.0. The summed E-state index contributed by atoms with van der Waals surface area (Å²) < 4.78 is 55.9. The summed E-state index contributed by atoms with van der Waals surface area (Å²) in [5.41, 5.74) is 0. The Bertz CT molecular complexity index is 1100. The van der Waals surface area contributed by atoms with Crippen LogP contribution in [0.5, 0.6) is 0 Å². The number of ether oxygens (including phenoxy) is 4. The number of aliphatic hydroxyl groups is 3. The van der Waals surface area contributed by atoms with Gasteiger partial charge in [-0.2, -0.15) is 0 Å². The van der Waals surface area contributed by atoms with Gasteiger partial charge in [-0.15, -0.1) is 0 Å². The number of unbranched alkanes of at least 4 members (excludes halogenated alkanes) is 28. The molecular formula is C45H85NaO12S. The number of hydrogen-bond donors (Lipinski definition) is 3. The van der Waals surface area contributed by atoms with Crippen molar-refractivity contribution in [2.45, 2.75) is 256 Å². The molecule has 0 spiro atoms. The molecule has 6 atom stereocenters. The smallest absolute Gasteiger partial charge is 0.748 e. The SMILES string of the molecule is CCCCCCCCCCCCCCCCCC(=O)OCC(CO[C@@H]1O[C@H](CS(=O)(=O)[O-])[C@@H](O)[C@H](O)[C@H]1O)OC(=O)CCCCCCCCCCCCCCCCC.[Na+]. The second-order valence-corrected chi connectivity index (χ2v) is 18.2. The Kier molecular flexibility index (Phi) is 39.0. The molecule has 1 heterocycles. The van der Waals surface area contributed by atoms with Crippen LogP contribution in [0.3, 0.4) is 0 Å². The van der Waals surface area contributed by atoms with E-state index < -0.39 is 71.2 Å². The van der Waals surface area contributed by atoms with E-state index in [-0.39, 0.29) is 49.0 Å². The Hall–Kier alpha value is -0.350. The maximum atomic E-state index is 12.8. The molecule has 0 aliphatic carbocycles. The molecule has 1 saturated heterocycles. The average molecular weight is 873 g/mol. The Morgan fingerprint density at radius 1 is 0.542 bits per heavy atom. The van der Waals surface area contributed by atoms with Crippen LogP contribution in [0.1, 0.15) is 219 Å². The van der Waals surface area contributed by atoms with E-state index in [1.807, 2.05) is 0 Å². The molecule has 0 amide bonds. The van der Waals surface area contributed by atoms with Crippen molar-refractivity contribution in [3.05, 3.63) is 0 Å². The van der Waals surface area contributed by atoms with Crippen molar-refractivity contribution in [3.8, 4) is 0 Å². The molecule has 1 rings (SSSR count). The number of carbonyl (C=O) groups excluding carboxylic acids is 2. The van der Waals surface area contributed by atoms with Gasteiger partial charge in [-0.3, -0.25) is 9.59 Å². The van der Waals surface area contributed by atoms with Gasteiger partial charge in [-0.1, -0.05) is 194 Å². The number of esters is 2.